The van der Waals surface area contributed by atoms with E-state index < -0.39 is 0 Å². The summed E-state index contributed by atoms with van der Waals surface area (Å²) >= 11 is 7.79. The number of aromatic nitrogens is 1. The predicted molar refractivity (Wildman–Crippen MR) is 88.9 cm³/mol. The van der Waals surface area contributed by atoms with Gasteiger partial charge in [0.15, 0.2) is 0 Å². The van der Waals surface area contributed by atoms with E-state index >= 15 is 0 Å². The number of nitrogens with zero attached hydrogens (tertiary/aromatic N) is 2. The standard InChI is InChI=1S/C16H21ClN2S/c1-16(2,3)14-8-12(10-17)9-15(18-14)19(4)11-13-6-5-7-20-13/h5-9H,10-11H2,1-4H3. The molecule has 0 fully saturated rings. The monoisotopic (exact) mass is 308 g/mol. The van der Waals surface area contributed by atoms with Crippen molar-refractivity contribution in [1.29, 1.82) is 0 Å². The Balaban J connectivity index is 2.30. The summed E-state index contributed by atoms with van der Waals surface area (Å²) in [5.74, 6) is 1.51. The third kappa shape index (κ3) is 3.74. The van der Waals surface area contributed by atoms with Gasteiger partial charge in [0.1, 0.15) is 5.82 Å². The molecule has 0 aromatic carbocycles. The molecule has 0 aliphatic heterocycles. The molecule has 0 N–H and O–H groups in total. The molecule has 4 heteroatoms. The van der Waals surface area contributed by atoms with Crippen molar-refractivity contribution in [2.75, 3.05) is 11.9 Å². The highest BCUT2D eigenvalue weighted by Gasteiger charge is 2.18. The van der Waals surface area contributed by atoms with Crippen LogP contribution in [0.1, 0.15) is 36.9 Å². The molecule has 0 saturated carbocycles. The second kappa shape index (κ2) is 6.15. The zero-order chi connectivity index (χ0) is 14.8. The minimum atomic E-state index is 0.0284. The summed E-state index contributed by atoms with van der Waals surface area (Å²) in [6.45, 7) is 7.41. The number of alkyl halides is 1. The Bertz CT molecular complexity index is 558. The molecule has 2 rings (SSSR count). The molecule has 2 heterocycles. The Kier molecular flexibility index (Phi) is 4.71. The van der Waals surface area contributed by atoms with Gasteiger partial charge in [-0.2, -0.15) is 0 Å². The third-order valence-corrected chi connectivity index (χ3v) is 4.33. The normalized spacial score (nSPS) is 11.7. The van der Waals surface area contributed by atoms with Crippen LogP contribution in [0.5, 0.6) is 0 Å². The van der Waals surface area contributed by atoms with Gasteiger partial charge < -0.3 is 4.90 Å². The number of thiophene rings is 1. The summed E-state index contributed by atoms with van der Waals surface area (Å²) < 4.78 is 0. The van der Waals surface area contributed by atoms with E-state index in [0.29, 0.717) is 5.88 Å². The van der Waals surface area contributed by atoms with E-state index in [4.69, 9.17) is 16.6 Å². The molecule has 0 bridgehead atoms. The van der Waals surface area contributed by atoms with Crippen LogP contribution in [0.2, 0.25) is 0 Å². The van der Waals surface area contributed by atoms with Gasteiger partial charge in [-0.3, -0.25) is 0 Å². The van der Waals surface area contributed by atoms with Crippen molar-refractivity contribution >= 4 is 28.8 Å². The van der Waals surface area contributed by atoms with E-state index in [-0.39, 0.29) is 5.41 Å². The molecule has 0 amide bonds. The van der Waals surface area contributed by atoms with Crippen LogP contribution in [0.15, 0.2) is 29.6 Å². The van der Waals surface area contributed by atoms with E-state index in [9.17, 15) is 0 Å². The molecular formula is C16H21ClN2S. The molecule has 20 heavy (non-hydrogen) atoms. The molecule has 2 aromatic heterocycles. The molecule has 0 spiro atoms. The highest BCUT2D eigenvalue weighted by molar-refractivity contribution is 7.09. The second-order valence-electron chi connectivity index (χ2n) is 6.04. The summed E-state index contributed by atoms with van der Waals surface area (Å²) in [5, 5.41) is 2.10. The van der Waals surface area contributed by atoms with E-state index in [1.165, 1.54) is 4.88 Å². The minimum Gasteiger partial charge on any atom is -0.355 e. The molecule has 2 nitrogen and oxygen atoms in total. The average molecular weight is 309 g/mol. The number of pyridine rings is 1. The summed E-state index contributed by atoms with van der Waals surface area (Å²) in [4.78, 5) is 8.32. The molecule has 0 unspecified atom stereocenters. The van der Waals surface area contributed by atoms with E-state index in [2.05, 4.69) is 62.4 Å². The van der Waals surface area contributed by atoms with Crippen molar-refractivity contribution in [3.8, 4) is 0 Å². The van der Waals surface area contributed by atoms with Gasteiger partial charge >= 0.3 is 0 Å². The highest BCUT2D eigenvalue weighted by Crippen LogP contribution is 2.26. The first-order chi connectivity index (χ1) is 9.40. The molecule has 0 saturated heterocycles. The zero-order valence-electron chi connectivity index (χ0n) is 12.5. The van der Waals surface area contributed by atoms with Gasteiger partial charge in [0.2, 0.25) is 0 Å². The maximum atomic E-state index is 6.02. The number of rotatable bonds is 4. The molecule has 108 valence electrons. The molecule has 0 atom stereocenters. The summed E-state index contributed by atoms with van der Waals surface area (Å²) in [6, 6.07) is 8.42. The van der Waals surface area contributed by atoms with Crippen LogP contribution in [0.25, 0.3) is 0 Å². The molecular weight excluding hydrogens is 288 g/mol. The second-order valence-corrected chi connectivity index (χ2v) is 7.34. The van der Waals surface area contributed by atoms with Crippen molar-refractivity contribution in [1.82, 2.24) is 4.98 Å². The maximum absolute atomic E-state index is 6.02. The van der Waals surface area contributed by atoms with Crippen LogP contribution < -0.4 is 4.90 Å². The van der Waals surface area contributed by atoms with Crippen LogP contribution >= 0.6 is 22.9 Å². The largest absolute Gasteiger partial charge is 0.355 e. The number of hydrogen-bond acceptors (Lipinski definition) is 3. The summed E-state index contributed by atoms with van der Waals surface area (Å²) in [7, 11) is 2.08. The van der Waals surface area contributed by atoms with Crippen LogP contribution in [-0.4, -0.2) is 12.0 Å². The fourth-order valence-corrected chi connectivity index (χ4v) is 2.86. The Labute approximate surface area is 130 Å². The van der Waals surface area contributed by atoms with Crippen LogP contribution in [0.4, 0.5) is 5.82 Å². The Morgan fingerprint density at radius 3 is 2.60 bits per heavy atom. The van der Waals surface area contributed by atoms with Crippen molar-refractivity contribution in [3.63, 3.8) is 0 Å². The lowest BCUT2D eigenvalue weighted by molar-refractivity contribution is 0.567. The Morgan fingerprint density at radius 2 is 2.05 bits per heavy atom. The van der Waals surface area contributed by atoms with E-state index in [0.717, 1.165) is 23.6 Å². The van der Waals surface area contributed by atoms with E-state index in [1.54, 1.807) is 11.3 Å². The van der Waals surface area contributed by atoms with Crippen molar-refractivity contribution in [2.24, 2.45) is 0 Å². The van der Waals surface area contributed by atoms with Gasteiger partial charge in [-0.05, 0) is 29.1 Å². The van der Waals surface area contributed by atoms with Crippen LogP contribution in [0.3, 0.4) is 0 Å². The molecule has 0 aliphatic rings. The van der Waals surface area contributed by atoms with Gasteiger partial charge in [-0.1, -0.05) is 26.8 Å². The number of anilines is 1. The lowest BCUT2D eigenvalue weighted by Crippen LogP contribution is -2.21. The first-order valence-corrected chi connectivity index (χ1v) is 8.12. The minimum absolute atomic E-state index is 0.0284. The van der Waals surface area contributed by atoms with E-state index in [1.807, 2.05) is 0 Å². The summed E-state index contributed by atoms with van der Waals surface area (Å²) in [6.07, 6.45) is 0. The summed E-state index contributed by atoms with van der Waals surface area (Å²) in [5.41, 5.74) is 2.24. The fourth-order valence-electron chi connectivity index (χ4n) is 1.95. The van der Waals surface area contributed by atoms with Crippen LogP contribution in [0, 0.1) is 0 Å². The first kappa shape index (κ1) is 15.3. The quantitative estimate of drug-likeness (QED) is 0.753. The van der Waals surface area contributed by atoms with Gasteiger partial charge in [-0.15, -0.1) is 22.9 Å². The Morgan fingerprint density at radius 1 is 1.30 bits per heavy atom. The average Bonchev–Trinajstić information content (AvgIpc) is 2.90. The van der Waals surface area contributed by atoms with Crippen LogP contribution in [-0.2, 0) is 17.8 Å². The van der Waals surface area contributed by atoms with Gasteiger partial charge in [0.25, 0.3) is 0 Å². The lowest BCUT2D eigenvalue weighted by atomic mass is 9.91. The third-order valence-electron chi connectivity index (χ3n) is 3.16. The van der Waals surface area contributed by atoms with Crippen molar-refractivity contribution < 1.29 is 0 Å². The predicted octanol–water partition coefficient (Wildman–Crippen LogP) is 4.82. The fraction of sp³-hybridized carbons (Fsp3) is 0.438. The molecule has 0 aliphatic carbocycles. The lowest BCUT2D eigenvalue weighted by Gasteiger charge is -2.23. The van der Waals surface area contributed by atoms with Gasteiger partial charge in [0.05, 0.1) is 6.54 Å². The first-order valence-electron chi connectivity index (χ1n) is 6.71. The Hall–Kier alpha value is -1.06. The SMILES string of the molecule is CN(Cc1cccs1)c1cc(CCl)cc(C(C)(C)C)n1. The molecule has 0 radical (unpaired) electrons. The number of hydrogen-bond donors (Lipinski definition) is 0. The highest BCUT2D eigenvalue weighted by atomic mass is 35.5. The van der Waals surface area contributed by atoms with Crippen molar-refractivity contribution in [2.45, 2.75) is 38.6 Å². The van der Waals surface area contributed by atoms with Gasteiger partial charge in [0, 0.05) is 28.9 Å². The smallest absolute Gasteiger partial charge is 0.129 e. The topological polar surface area (TPSA) is 16.1 Å². The zero-order valence-corrected chi connectivity index (χ0v) is 14.1. The van der Waals surface area contributed by atoms with Gasteiger partial charge in [-0.25, -0.2) is 4.98 Å². The molecule has 2 aromatic rings. The maximum Gasteiger partial charge on any atom is 0.129 e. The van der Waals surface area contributed by atoms with Crippen molar-refractivity contribution in [3.05, 3.63) is 45.8 Å². The number of halogens is 1.